The number of rotatable bonds is 3. The van der Waals surface area contributed by atoms with E-state index in [4.69, 9.17) is 4.98 Å². The molecule has 0 bridgehead atoms. The summed E-state index contributed by atoms with van der Waals surface area (Å²) >= 11 is 1.90. The van der Waals surface area contributed by atoms with Crippen LogP contribution in [0.4, 0.5) is 0 Å². The van der Waals surface area contributed by atoms with Crippen molar-refractivity contribution in [2.24, 2.45) is 0 Å². The fourth-order valence-electron chi connectivity index (χ4n) is 2.87. The number of benzene rings is 1. The van der Waals surface area contributed by atoms with Gasteiger partial charge >= 0.3 is 0 Å². The van der Waals surface area contributed by atoms with Crippen LogP contribution in [0.25, 0.3) is 11.3 Å². The monoisotopic (exact) mass is 270 g/mol. The highest BCUT2D eigenvalue weighted by molar-refractivity contribution is 7.12. The summed E-state index contributed by atoms with van der Waals surface area (Å²) in [5.74, 6) is 0.619. The molecule has 1 atom stereocenters. The molecule has 2 aliphatic rings. The number of thiazole rings is 1. The van der Waals surface area contributed by atoms with Gasteiger partial charge in [-0.15, -0.1) is 11.3 Å². The molecule has 2 aromatic rings. The van der Waals surface area contributed by atoms with Crippen LogP contribution in [0.15, 0.2) is 24.3 Å². The molecule has 1 unspecified atom stereocenters. The predicted molar refractivity (Wildman–Crippen MR) is 79.5 cm³/mol. The van der Waals surface area contributed by atoms with Gasteiger partial charge in [0.05, 0.1) is 5.69 Å². The summed E-state index contributed by atoms with van der Waals surface area (Å²) in [6.45, 7) is 3.27. The molecule has 1 N–H and O–H groups in total. The van der Waals surface area contributed by atoms with Gasteiger partial charge in [-0.2, -0.15) is 0 Å². The molecule has 1 aromatic heterocycles. The minimum Gasteiger partial charge on any atom is -0.308 e. The molecule has 0 aliphatic heterocycles. The maximum absolute atomic E-state index is 4.88. The van der Waals surface area contributed by atoms with Crippen molar-refractivity contribution in [2.75, 3.05) is 0 Å². The Hall–Kier alpha value is -1.19. The number of hydrogen-bond donors (Lipinski definition) is 1. The second kappa shape index (κ2) is 4.43. The van der Waals surface area contributed by atoms with Gasteiger partial charge in [0.1, 0.15) is 5.01 Å². The first-order chi connectivity index (χ1) is 9.31. The van der Waals surface area contributed by atoms with Crippen molar-refractivity contribution in [3.05, 3.63) is 39.7 Å². The van der Waals surface area contributed by atoms with Crippen LogP contribution in [0.1, 0.15) is 41.1 Å². The third-order valence-corrected chi connectivity index (χ3v) is 5.18. The van der Waals surface area contributed by atoms with Crippen LogP contribution in [-0.2, 0) is 13.0 Å². The molecule has 1 aromatic carbocycles. The fourth-order valence-corrected chi connectivity index (χ4v) is 4.04. The van der Waals surface area contributed by atoms with Gasteiger partial charge in [0.2, 0.25) is 0 Å². The van der Waals surface area contributed by atoms with Crippen LogP contribution >= 0.6 is 11.3 Å². The summed E-state index contributed by atoms with van der Waals surface area (Å²) in [4.78, 5) is 6.35. The Morgan fingerprint density at radius 3 is 3.00 bits per heavy atom. The van der Waals surface area contributed by atoms with Gasteiger partial charge in [0.25, 0.3) is 0 Å². The minimum absolute atomic E-state index is 0.619. The van der Waals surface area contributed by atoms with E-state index in [2.05, 4.69) is 36.5 Å². The third-order valence-electron chi connectivity index (χ3n) is 4.10. The van der Waals surface area contributed by atoms with Crippen LogP contribution < -0.4 is 5.32 Å². The first-order valence-electron chi connectivity index (χ1n) is 7.12. The second-order valence-corrected chi connectivity index (χ2v) is 6.90. The Morgan fingerprint density at radius 1 is 1.32 bits per heavy atom. The third kappa shape index (κ3) is 2.11. The van der Waals surface area contributed by atoms with Crippen molar-refractivity contribution in [3.63, 3.8) is 0 Å². The fraction of sp³-hybridized carbons (Fsp3) is 0.438. The van der Waals surface area contributed by atoms with Crippen LogP contribution in [0.2, 0.25) is 0 Å². The average Bonchev–Trinajstić information content (AvgIpc) is 3.17. The van der Waals surface area contributed by atoms with Crippen molar-refractivity contribution < 1.29 is 0 Å². The van der Waals surface area contributed by atoms with Crippen molar-refractivity contribution in [3.8, 4) is 11.3 Å². The number of fused-ring (bicyclic) bond motifs is 3. The van der Waals surface area contributed by atoms with Crippen LogP contribution in [0.3, 0.4) is 0 Å². The highest BCUT2D eigenvalue weighted by atomic mass is 32.1. The topological polar surface area (TPSA) is 24.9 Å². The Balaban J connectivity index is 1.69. The zero-order chi connectivity index (χ0) is 12.8. The number of nitrogens with one attached hydrogen (secondary N) is 1. The number of hydrogen-bond acceptors (Lipinski definition) is 3. The molecule has 0 saturated heterocycles. The Labute approximate surface area is 117 Å². The molecular formula is C16H18N2S. The van der Waals surface area contributed by atoms with E-state index < -0.39 is 0 Å². The van der Waals surface area contributed by atoms with Gasteiger partial charge < -0.3 is 5.32 Å². The lowest BCUT2D eigenvalue weighted by molar-refractivity contribution is 0.684. The van der Waals surface area contributed by atoms with Crippen LogP contribution in [-0.4, -0.2) is 11.0 Å². The van der Waals surface area contributed by atoms with Crippen LogP contribution in [0.5, 0.6) is 0 Å². The van der Waals surface area contributed by atoms with E-state index in [1.807, 2.05) is 11.3 Å². The lowest BCUT2D eigenvalue weighted by Gasteiger charge is -2.21. The number of nitrogens with zero attached hydrogens (tertiary/aromatic N) is 1. The van der Waals surface area contributed by atoms with Gasteiger partial charge in [-0.1, -0.05) is 31.2 Å². The van der Waals surface area contributed by atoms with E-state index in [0.717, 1.165) is 19.0 Å². The molecule has 1 fully saturated rings. The molecule has 0 amide bonds. The Bertz CT molecular complexity index is 613. The summed E-state index contributed by atoms with van der Waals surface area (Å²) in [6.07, 6.45) is 3.82. The second-order valence-electron chi connectivity index (χ2n) is 5.73. The van der Waals surface area contributed by atoms with Crippen molar-refractivity contribution in [1.82, 2.24) is 10.3 Å². The van der Waals surface area contributed by atoms with E-state index in [9.17, 15) is 0 Å². The molecule has 0 spiro atoms. The van der Waals surface area contributed by atoms with Crippen molar-refractivity contribution >= 4 is 11.3 Å². The molecule has 2 nitrogen and oxygen atoms in total. The molecule has 3 heteroatoms. The summed E-state index contributed by atoms with van der Waals surface area (Å²) in [5.41, 5.74) is 4.05. The standard InChI is InChI=1S/C16H18N2S/c1-10-8-14-16(13-5-3-2-4-12(10)13)18-15(19-14)9-17-11-6-7-11/h2-5,10-11,17H,6-9H2,1H3. The van der Waals surface area contributed by atoms with E-state index in [-0.39, 0.29) is 0 Å². The maximum Gasteiger partial charge on any atom is 0.107 e. The Kier molecular flexibility index (Phi) is 2.71. The molecule has 19 heavy (non-hydrogen) atoms. The quantitative estimate of drug-likeness (QED) is 0.919. The van der Waals surface area contributed by atoms with E-state index in [0.29, 0.717) is 5.92 Å². The summed E-state index contributed by atoms with van der Waals surface area (Å²) in [7, 11) is 0. The van der Waals surface area contributed by atoms with E-state index in [1.165, 1.54) is 39.5 Å². The normalized spacial score (nSPS) is 21.0. The lowest BCUT2D eigenvalue weighted by Crippen LogP contribution is -2.14. The van der Waals surface area contributed by atoms with Gasteiger partial charge in [-0.25, -0.2) is 4.98 Å². The smallest absolute Gasteiger partial charge is 0.107 e. The molecule has 1 saturated carbocycles. The molecule has 4 rings (SSSR count). The number of aromatic nitrogens is 1. The van der Waals surface area contributed by atoms with Crippen molar-refractivity contribution in [2.45, 2.75) is 44.7 Å². The molecule has 0 radical (unpaired) electrons. The molecule has 98 valence electrons. The SMILES string of the molecule is CC1Cc2sc(CNC3CC3)nc2-c2ccccc21. The maximum atomic E-state index is 4.88. The molecule has 2 aliphatic carbocycles. The van der Waals surface area contributed by atoms with Gasteiger partial charge in [0.15, 0.2) is 0 Å². The first-order valence-corrected chi connectivity index (χ1v) is 7.94. The minimum atomic E-state index is 0.619. The lowest BCUT2D eigenvalue weighted by atomic mass is 9.86. The van der Waals surface area contributed by atoms with Gasteiger partial charge in [-0.05, 0) is 30.7 Å². The van der Waals surface area contributed by atoms with Gasteiger partial charge in [0, 0.05) is 23.0 Å². The van der Waals surface area contributed by atoms with Gasteiger partial charge in [-0.3, -0.25) is 0 Å². The predicted octanol–water partition coefficient (Wildman–Crippen LogP) is 3.72. The van der Waals surface area contributed by atoms with E-state index >= 15 is 0 Å². The Morgan fingerprint density at radius 2 is 2.16 bits per heavy atom. The summed E-state index contributed by atoms with van der Waals surface area (Å²) in [5, 5.41) is 4.82. The van der Waals surface area contributed by atoms with Crippen molar-refractivity contribution in [1.29, 1.82) is 0 Å². The van der Waals surface area contributed by atoms with Crippen LogP contribution in [0, 0.1) is 0 Å². The summed E-state index contributed by atoms with van der Waals surface area (Å²) in [6, 6.07) is 9.50. The first kappa shape index (κ1) is 11.6. The zero-order valence-corrected chi connectivity index (χ0v) is 12.0. The summed E-state index contributed by atoms with van der Waals surface area (Å²) < 4.78 is 0. The average molecular weight is 270 g/mol. The van der Waals surface area contributed by atoms with E-state index in [1.54, 1.807) is 0 Å². The zero-order valence-electron chi connectivity index (χ0n) is 11.1. The largest absolute Gasteiger partial charge is 0.308 e. The highest BCUT2D eigenvalue weighted by Gasteiger charge is 2.26. The molecule has 1 heterocycles. The molecular weight excluding hydrogens is 252 g/mol. The highest BCUT2D eigenvalue weighted by Crippen LogP contribution is 2.41.